The van der Waals surface area contributed by atoms with Gasteiger partial charge in [-0.3, -0.25) is 0 Å². The van der Waals surface area contributed by atoms with Gasteiger partial charge in [-0.2, -0.15) is 5.26 Å². The van der Waals surface area contributed by atoms with E-state index >= 15 is 0 Å². The summed E-state index contributed by atoms with van der Waals surface area (Å²) in [4.78, 5) is 0. The summed E-state index contributed by atoms with van der Waals surface area (Å²) in [6, 6.07) is 2.33. The molecule has 0 N–H and O–H groups in total. The van der Waals surface area contributed by atoms with Crippen molar-refractivity contribution < 1.29 is 0 Å². The number of hydrogen-bond acceptors (Lipinski definition) is 1. The van der Waals surface area contributed by atoms with Crippen molar-refractivity contribution in [2.45, 2.75) is 25.7 Å². The van der Waals surface area contributed by atoms with E-state index in [1.165, 1.54) is 12.8 Å². The van der Waals surface area contributed by atoms with Crippen LogP contribution in [0.5, 0.6) is 0 Å². The zero-order chi connectivity index (χ0) is 7.40. The fourth-order valence-electron chi connectivity index (χ4n) is 1.45. The van der Waals surface area contributed by atoms with Crippen molar-refractivity contribution in [1.82, 2.24) is 0 Å². The maximum atomic E-state index is 8.59. The Balaban J connectivity index is 2.25. The van der Waals surface area contributed by atoms with Gasteiger partial charge in [0.25, 0.3) is 0 Å². The second kappa shape index (κ2) is 3.98. The lowest BCUT2D eigenvalue weighted by Gasteiger charge is -2.22. The number of nitriles is 1. The van der Waals surface area contributed by atoms with Crippen LogP contribution in [0.1, 0.15) is 25.7 Å². The van der Waals surface area contributed by atoms with Crippen molar-refractivity contribution in [3.8, 4) is 6.07 Å². The molecule has 0 spiro atoms. The summed E-state index contributed by atoms with van der Waals surface area (Å²) in [6.07, 6.45) is 4.71. The van der Waals surface area contributed by atoms with Crippen molar-refractivity contribution in [2.75, 3.05) is 5.33 Å². The first-order valence-corrected chi connectivity index (χ1v) is 4.94. The molecule has 0 aromatic carbocycles. The second-order valence-corrected chi connectivity index (χ2v) is 3.65. The molecule has 0 aliphatic heterocycles. The van der Waals surface area contributed by atoms with E-state index in [0.29, 0.717) is 5.92 Å². The maximum absolute atomic E-state index is 8.59. The van der Waals surface area contributed by atoms with Gasteiger partial charge in [0.15, 0.2) is 0 Å². The van der Waals surface area contributed by atoms with Gasteiger partial charge in [-0.1, -0.05) is 15.9 Å². The van der Waals surface area contributed by atoms with Crippen LogP contribution in [0.15, 0.2) is 0 Å². The van der Waals surface area contributed by atoms with Crippen LogP contribution in [0.4, 0.5) is 0 Å². The van der Waals surface area contributed by atoms with Crippen molar-refractivity contribution >= 4 is 15.9 Å². The van der Waals surface area contributed by atoms with Crippen molar-refractivity contribution in [2.24, 2.45) is 11.8 Å². The minimum absolute atomic E-state index is 0.357. The summed E-state index contributed by atoms with van der Waals surface area (Å²) in [6.45, 7) is 0. The lowest BCUT2D eigenvalue weighted by molar-refractivity contribution is 0.341. The summed E-state index contributed by atoms with van der Waals surface area (Å²) >= 11 is 3.47. The van der Waals surface area contributed by atoms with Crippen LogP contribution in [0.2, 0.25) is 0 Å². The highest BCUT2D eigenvalue weighted by molar-refractivity contribution is 9.09. The summed E-state index contributed by atoms with van der Waals surface area (Å²) < 4.78 is 0. The van der Waals surface area contributed by atoms with Gasteiger partial charge in [-0.25, -0.2) is 0 Å². The molecule has 10 heavy (non-hydrogen) atoms. The zero-order valence-electron chi connectivity index (χ0n) is 6.02. The van der Waals surface area contributed by atoms with E-state index in [0.717, 1.165) is 24.1 Å². The average molecular weight is 202 g/mol. The fourth-order valence-corrected chi connectivity index (χ4v) is 2.09. The second-order valence-electron chi connectivity index (χ2n) is 3.00. The van der Waals surface area contributed by atoms with E-state index in [-0.39, 0.29) is 0 Å². The van der Waals surface area contributed by atoms with E-state index < -0.39 is 0 Å². The SMILES string of the molecule is N#CC1CCC(CBr)CC1. The van der Waals surface area contributed by atoms with E-state index in [2.05, 4.69) is 22.0 Å². The van der Waals surface area contributed by atoms with Crippen LogP contribution in [0, 0.1) is 23.2 Å². The molecule has 56 valence electrons. The summed E-state index contributed by atoms with van der Waals surface area (Å²) in [5, 5.41) is 9.70. The average Bonchev–Trinajstić information content (AvgIpc) is 2.05. The monoisotopic (exact) mass is 201 g/mol. The minimum Gasteiger partial charge on any atom is -0.198 e. The Labute approximate surface area is 70.5 Å². The predicted octanol–water partition coefficient (Wildman–Crippen LogP) is 2.71. The molecule has 1 fully saturated rings. The van der Waals surface area contributed by atoms with Crippen LogP contribution in [0.3, 0.4) is 0 Å². The molecule has 1 nitrogen and oxygen atoms in total. The summed E-state index contributed by atoms with van der Waals surface area (Å²) in [5.41, 5.74) is 0. The Kier molecular flexibility index (Phi) is 3.21. The van der Waals surface area contributed by atoms with Gasteiger partial charge in [-0.15, -0.1) is 0 Å². The standard InChI is InChI=1S/C8H12BrN/c9-5-7-1-3-8(6-10)4-2-7/h7-8H,1-5H2. The summed E-state index contributed by atoms with van der Waals surface area (Å²) in [7, 11) is 0. The van der Waals surface area contributed by atoms with E-state index in [1.807, 2.05) is 0 Å². The lowest BCUT2D eigenvalue weighted by atomic mass is 9.84. The van der Waals surface area contributed by atoms with Crippen molar-refractivity contribution in [3.63, 3.8) is 0 Å². The normalized spacial score (nSPS) is 33.2. The van der Waals surface area contributed by atoms with Crippen LogP contribution in [0.25, 0.3) is 0 Å². The Morgan fingerprint density at radius 2 is 1.90 bits per heavy atom. The largest absolute Gasteiger partial charge is 0.198 e. The first kappa shape index (κ1) is 8.07. The molecule has 0 unspecified atom stereocenters. The Bertz CT molecular complexity index is 131. The number of nitrogens with zero attached hydrogens (tertiary/aromatic N) is 1. The van der Waals surface area contributed by atoms with E-state index in [1.54, 1.807) is 0 Å². The molecule has 0 atom stereocenters. The van der Waals surface area contributed by atoms with Crippen LogP contribution >= 0.6 is 15.9 Å². The van der Waals surface area contributed by atoms with E-state index in [4.69, 9.17) is 5.26 Å². The molecule has 0 heterocycles. The zero-order valence-corrected chi connectivity index (χ0v) is 7.60. The van der Waals surface area contributed by atoms with Crippen LogP contribution in [-0.4, -0.2) is 5.33 Å². The molecular formula is C8H12BrN. The Morgan fingerprint density at radius 3 is 2.30 bits per heavy atom. The van der Waals surface area contributed by atoms with Gasteiger partial charge < -0.3 is 0 Å². The maximum Gasteiger partial charge on any atom is 0.0655 e. The van der Waals surface area contributed by atoms with Gasteiger partial charge in [0.1, 0.15) is 0 Å². The molecule has 0 radical (unpaired) electrons. The molecule has 1 rings (SSSR count). The number of hydrogen-bond donors (Lipinski definition) is 0. The number of alkyl halides is 1. The van der Waals surface area contributed by atoms with Gasteiger partial charge in [0, 0.05) is 11.2 Å². The topological polar surface area (TPSA) is 23.8 Å². The van der Waals surface area contributed by atoms with Crippen LogP contribution < -0.4 is 0 Å². The number of rotatable bonds is 1. The van der Waals surface area contributed by atoms with Crippen molar-refractivity contribution in [3.05, 3.63) is 0 Å². The molecule has 0 saturated heterocycles. The Hall–Kier alpha value is -0.0300. The molecule has 1 aliphatic carbocycles. The first-order chi connectivity index (χ1) is 4.86. The minimum atomic E-state index is 0.357. The molecule has 0 aromatic heterocycles. The van der Waals surface area contributed by atoms with Gasteiger partial charge in [0.2, 0.25) is 0 Å². The third-order valence-electron chi connectivity index (χ3n) is 2.25. The van der Waals surface area contributed by atoms with E-state index in [9.17, 15) is 0 Å². The quantitative estimate of drug-likeness (QED) is 0.599. The molecule has 0 aromatic rings. The fraction of sp³-hybridized carbons (Fsp3) is 0.875. The van der Waals surface area contributed by atoms with Crippen molar-refractivity contribution in [1.29, 1.82) is 5.26 Å². The third kappa shape index (κ3) is 1.98. The highest BCUT2D eigenvalue weighted by atomic mass is 79.9. The Morgan fingerprint density at radius 1 is 1.30 bits per heavy atom. The molecule has 0 bridgehead atoms. The summed E-state index contributed by atoms with van der Waals surface area (Å²) in [5.74, 6) is 1.19. The van der Waals surface area contributed by atoms with Gasteiger partial charge >= 0.3 is 0 Å². The molecule has 1 aliphatic rings. The smallest absolute Gasteiger partial charge is 0.0655 e. The third-order valence-corrected chi connectivity index (χ3v) is 3.16. The molecule has 0 amide bonds. The predicted molar refractivity (Wildman–Crippen MR) is 44.9 cm³/mol. The number of halogens is 1. The lowest BCUT2D eigenvalue weighted by Crippen LogP contribution is -2.13. The van der Waals surface area contributed by atoms with Gasteiger partial charge in [-0.05, 0) is 31.6 Å². The van der Waals surface area contributed by atoms with Crippen LogP contribution in [-0.2, 0) is 0 Å². The highest BCUT2D eigenvalue weighted by Gasteiger charge is 2.19. The molecule has 1 saturated carbocycles. The molecule has 2 heteroatoms. The highest BCUT2D eigenvalue weighted by Crippen LogP contribution is 2.28. The van der Waals surface area contributed by atoms with Gasteiger partial charge in [0.05, 0.1) is 6.07 Å². The molecular weight excluding hydrogens is 190 g/mol. The first-order valence-electron chi connectivity index (χ1n) is 3.82.